The Hall–Kier alpha value is -5.29. The van der Waals surface area contributed by atoms with E-state index in [-0.39, 0.29) is 0 Å². The quantitative estimate of drug-likeness (QED) is 0.201. The van der Waals surface area contributed by atoms with Gasteiger partial charge in [0.2, 0.25) is 0 Å². The van der Waals surface area contributed by atoms with Crippen molar-refractivity contribution < 1.29 is 4.74 Å². The van der Waals surface area contributed by atoms with Crippen molar-refractivity contribution in [2.45, 2.75) is 20.8 Å². The van der Waals surface area contributed by atoms with Crippen molar-refractivity contribution in [3.8, 4) is 22.8 Å². The Kier molecular flexibility index (Phi) is 5.70. The van der Waals surface area contributed by atoms with Crippen LogP contribution >= 0.6 is 0 Å². The molecule has 0 saturated carbocycles. The first-order chi connectivity index (χ1) is 20.9. The topological polar surface area (TPSA) is 33.0 Å². The molecule has 0 aliphatic carbocycles. The van der Waals surface area contributed by atoms with Gasteiger partial charge in [-0.2, -0.15) is 0 Å². The van der Waals surface area contributed by atoms with E-state index < -0.39 is 0 Å². The van der Waals surface area contributed by atoms with Gasteiger partial charge < -0.3 is 14.5 Å². The minimum Gasteiger partial charge on any atom is -0.457 e. The molecule has 2 aromatic heterocycles. The summed E-state index contributed by atoms with van der Waals surface area (Å²) >= 11 is 0. The predicted octanol–water partition coefficient (Wildman–Crippen LogP) is 9.57. The molecule has 0 saturated heterocycles. The van der Waals surface area contributed by atoms with Crippen LogP contribution in [0.5, 0.6) is 11.5 Å². The molecule has 5 nitrogen and oxygen atoms in total. The van der Waals surface area contributed by atoms with E-state index in [0.717, 1.165) is 51.5 Å². The standard InChI is InChI=1S/C38H32N4O/c1-24-18-25(2)37(26(3)19-24)33-22-41-34-13-6-5-12-31(34)30-17-16-29(21-32(30)38(41)39-33)43-28-11-9-10-27(20-28)42-23-40(4)35-14-7-8-15-36(35)42/h5-22H,23H2,1-4H3. The van der Waals surface area contributed by atoms with Crippen molar-refractivity contribution in [3.05, 3.63) is 126 Å². The molecule has 8 rings (SSSR count). The van der Waals surface area contributed by atoms with Gasteiger partial charge in [-0.25, -0.2) is 4.98 Å². The van der Waals surface area contributed by atoms with Gasteiger partial charge in [0, 0.05) is 41.3 Å². The fourth-order valence-electron chi connectivity index (χ4n) is 6.83. The van der Waals surface area contributed by atoms with E-state index >= 15 is 0 Å². The van der Waals surface area contributed by atoms with E-state index in [1.807, 2.05) is 6.07 Å². The highest BCUT2D eigenvalue weighted by Crippen LogP contribution is 2.41. The number of para-hydroxylation sites is 3. The minimum atomic E-state index is 0.785. The zero-order valence-corrected chi connectivity index (χ0v) is 24.8. The Morgan fingerprint density at radius 3 is 2.26 bits per heavy atom. The molecule has 5 aromatic carbocycles. The van der Waals surface area contributed by atoms with Gasteiger partial charge in [0.15, 0.2) is 0 Å². The van der Waals surface area contributed by atoms with E-state index in [0.29, 0.717) is 0 Å². The molecular formula is C38H32N4O. The smallest absolute Gasteiger partial charge is 0.146 e. The Morgan fingerprint density at radius 2 is 1.42 bits per heavy atom. The number of pyridine rings is 1. The van der Waals surface area contributed by atoms with Crippen molar-refractivity contribution in [3.63, 3.8) is 0 Å². The number of anilines is 3. The van der Waals surface area contributed by atoms with Crippen LogP contribution in [0, 0.1) is 20.8 Å². The van der Waals surface area contributed by atoms with Crippen LogP contribution < -0.4 is 14.5 Å². The summed E-state index contributed by atoms with van der Waals surface area (Å²) < 4.78 is 8.76. The van der Waals surface area contributed by atoms with Crippen LogP contribution in [0.25, 0.3) is 38.6 Å². The summed E-state index contributed by atoms with van der Waals surface area (Å²) in [6.07, 6.45) is 2.18. The lowest BCUT2D eigenvalue weighted by molar-refractivity contribution is 0.483. The molecule has 5 heteroatoms. The fourth-order valence-corrected chi connectivity index (χ4v) is 6.83. The maximum atomic E-state index is 6.53. The van der Waals surface area contributed by atoms with E-state index in [4.69, 9.17) is 9.72 Å². The Morgan fingerprint density at radius 1 is 0.674 bits per heavy atom. The van der Waals surface area contributed by atoms with Crippen LogP contribution in [0.1, 0.15) is 16.7 Å². The lowest BCUT2D eigenvalue weighted by Gasteiger charge is -2.20. The van der Waals surface area contributed by atoms with Gasteiger partial charge in [-0.05, 0) is 85.8 Å². The number of nitrogens with zero attached hydrogens (tertiary/aromatic N) is 4. The third-order valence-corrected chi connectivity index (χ3v) is 8.63. The number of imidazole rings is 1. The molecule has 0 unspecified atom stereocenters. The van der Waals surface area contributed by atoms with E-state index in [2.05, 4.69) is 145 Å². The summed E-state index contributed by atoms with van der Waals surface area (Å²) in [5, 5.41) is 3.42. The number of rotatable bonds is 4. The molecule has 3 heterocycles. The minimum absolute atomic E-state index is 0.785. The molecule has 0 spiro atoms. The first-order valence-electron chi connectivity index (χ1n) is 14.7. The maximum Gasteiger partial charge on any atom is 0.146 e. The number of aromatic nitrogens is 2. The fraction of sp³-hybridized carbons (Fsp3) is 0.132. The molecule has 0 amide bonds. The van der Waals surface area contributed by atoms with Crippen LogP contribution in [-0.4, -0.2) is 23.1 Å². The maximum absolute atomic E-state index is 6.53. The Balaban J connectivity index is 1.24. The third-order valence-electron chi connectivity index (χ3n) is 8.63. The zero-order chi connectivity index (χ0) is 29.2. The van der Waals surface area contributed by atoms with E-state index in [9.17, 15) is 0 Å². The van der Waals surface area contributed by atoms with Crippen LogP contribution in [0.3, 0.4) is 0 Å². The summed E-state index contributed by atoms with van der Waals surface area (Å²) in [5.41, 5.74) is 11.5. The number of hydrogen-bond acceptors (Lipinski definition) is 4. The van der Waals surface area contributed by atoms with Gasteiger partial charge in [-0.15, -0.1) is 0 Å². The Labute approximate surface area is 251 Å². The first kappa shape index (κ1) is 25.4. The molecule has 7 aromatic rings. The SMILES string of the molecule is Cc1cc(C)c(-c2cn3c4ccccc4c4ccc(Oc5cccc(N6CN(C)c7ccccc76)c5)cc4c3n2)c(C)c1. The first-order valence-corrected chi connectivity index (χ1v) is 14.7. The molecule has 0 radical (unpaired) electrons. The summed E-state index contributed by atoms with van der Waals surface area (Å²) in [4.78, 5) is 9.83. The van der Waals surface area contributed by atoms with Gasteiger partial charge >= 0.3 is 0 Å². The Bertz CT molecular complexity index is 2190. The van der Waals surface area contributed by atoms with E-state index in [1.54, 1.807) is 0 Å². The number of ether oxygens (including phenoxy) is 1. The highest BCUT2D eigenvalue weighted by molar-refractivity contribution is 6.12. The lowest BCUT2D eigenvalue weighted by atomic mass is 9.98. The van der Waals surface area contributed by atoms with Crippen LogP contribution in [-0.2, 0) is 0 Å². The summed E-state index contributed by atoms with van der Waals surface area (Å²) in [6.45, 7) is 7.29. The average Bonchev–Trinajstić information content (AvgIpc) is 3.59. The molecule has 1 aliphatic rings. The van der Waals surface area contributed by atoms with Gasteiger partial charge in [0.25, 0.3) is 0 Å². The lowest BCUT2D eigenvalue weighted by Crippen LogP contribution is -2.23. The summed E-state index contributed by atoms with van der Waals surface area (Å²) in [5.74, 6) is 1.59. The van der Waals surface area contributed by atoms with Crippen LogP contribution in [0.15, 0.2) is 109 Å². The molecule has 1 aliphatic heterocycles. The summed E-state index contributed by atoms with van der Waals surface area (Å²) in [7, 11) is 2.13. The highest BCUT2D eigenvalue weighted by Gasteiger charge is 2.24. The molecular weight excluding hydrogens is 528 g/mol. The number of hydrogen-bond donors (Lipinski definition) is 0. The van der Waals surface area contributed by atoms with Crippen LogP contribution in [0.4, 0.5) is 17.1 Å². The molecule has 0 N–H and O–H groups in total. The molecule has 210 valence electrons. The van der Waals surface area contributed by atoms with Gasteiger partial charge in [0.1, 0.15) is 17.1 Å². The van der Waals surface area contributed by atoms with Crippen molar-refractivity contribution in [2.75, 3.05) is 23.5 Å². The number of aryl methyl sites for hydroxylation is 3. The number of fused-ring (bicyclic) bond motifs is 7. The average molecular weight is 561 g/mol. The molecule has 0 atom stereocenters. The second-order valence-electron chi connectivity index (χ2n) is 11.7. The van der Waals surface area contributed by atoms with Gasteiger partial charge in [0.05, 0.1) is 29.3 Å². The molecule has 0 bridgehead atoms. The molecule has 43 heavy (non-hydrogen) atoms. The second-order valence-corrected chi connectivity index (χ2v) is 11.7. The van der Waals surface area contributed by atoms with Crippen molar-refractivity contribution in [2.24, 2.45) is 0 Å². The third kappa shape index (κ3) is 4.11. The van der Waals surface area contributed by atoms with Gasteiger partial charge in [-0.3, -0.25) is 4.40 Å². The van der Waals surface area contributed by atoms with E-state index in [1.165, 1.54) is 39.0 Å². The summed E-state index contributed by atoms with van der Waals surface area (Å²) in [6, 6.07) is 36.2. The second kappa shape index (κ2) is 9.63. The number of benzene rings is 5. The normalized spacial score (nSPS) is 12.9. The zero-order valence-electron chi connectivity index (χ0n) is 24.8. The van der Waals surface area contributed by atoms with Crippen molar-refractivity contribution in [1.82, 2.24) is 9.38 Å². The largest absolute Gasteiger partial charge is 0.457 e. The van der Waals surface area contributed by atoms with Gasteiger partial charge in [-0.1, -0.05) is 54.1 Å². The molecule has 0 fully saturated rings. The highest BCUT2D eigenvalue weighted by atomic mass is 16.5. The predicted molar refractivity (Wildman–Crippen MR) is 178 cm³/mol. The monoisotopic (exact) mass is 560 g/mol. The van der Waals surface area contributed by atoms with Crippen molar-refractivity contribution in [1.29, 1.82) is 0 Å². The van der Waals surface area contributed by atoms with Crippen molar-refractivity contribution >= 4 is 44.4 Å². The van der Waals surface area contributed by atoms with Crippen LogP contribution in [0.2, 0.25) is 0 Å².